The van der Waals surface area contributed by atoms with Crippen LogP contribution in [0.15, 0.2) is 0 Å². The summed E-state index contributed by atoms with van der Waals surface area (Å²) in [4.78, 5) is 0. The number of aliphatic hydroxyl groups is 2. The smallest absolute Gasteiger partial charge is 0.0897 e. The normalized spacial score (nSPS) is 27.4. The largest absolute Gasteiger partial charge is 0.392 e. The fourth-order valence-corrected chi connectivity index (χ4v) is 3.68. The maximum Gasteiger partial charge on any atom is 0.0897 e. The Hall–Kier alpha value is -0.200. The Morgan fingerprint density at radius 2 is 1.48 bits per heavy atom. The molecular weight excluding hydrogens is 362 g/mol. The monoisotopic (exact) mass is 415 g/mol. The van der Waals surface area contributed by atoms with Crippen molar-refractivity contribution in [1.29, 1.82) is 0 Å². The van der Waals surface area contributed by atoms with Crippen molar-refractivity contribution in [2.75, 3.05) is 39.3 Å². The Kier molecular flexibility index (Phi) is 15.5. The number of β-amino-alcohol motifs (C(OH)–C–C–N with tert-alkyl or cyclic N) is 2. The molecule has 3 rings (SSSR count). The maximum atomic E-state index is 9.52. The van der Waals surface area contributed by atoms with Gasteiger partial charge in [0.2, 0.25) is 0 Å². The van der Waals surface area contributed by atoms with E-state index in [9.17, 15) is 5.11 Å². The van der Waals surface area contributed by atoms with E-state index < -0.39 is 0 Å². The summed E-state index contributed by atoms with van der Waals surface area (Å²) in [5.74, 6) is 4.16. The van der Waals surface area contributed by atoms with Gasteiger partial charge in [-0.3, -0.25) is 0 Å². The quantitative estimate of drug-likeness (QED) is 0.487. The van der Waals surface area contributed by atoms with E-state index in [1.54, 1.807) is 0 Å². The van der Waals surface area contributed by atoms with Crippen LogP contribution in [0.5, 0.6) is 0 Å². The number of hydrogen-bond donors (Lipinski definition) is 5. The second-order valence-electron chi connectivity index (χ2n) is 10.4. The molecule has 3 aliphatic rings. The van der Waals surface area contributed by atoms with Crippen LogP contribution in [0.3, 0.4) is 0 Å². The van der Waals surface area contributed by atoms with E-state index in [4.69, 9.17) is 5.11 Å². The lowest BCUT2D eigenvalue weighted by atomic mass is 9.87. The summed E-state index contributed by atoms with van der Waals surface area (Å²) < 4.78 is 0. The van der Waals surface area contributed by atoms with Gasteiger partial charge in [-0.1, -0.05) is 61.8 Å². The van der Waals surface area contributed by atoms with Crippen LogP contribution in [0.4, 0.5) is 0 Å². The Morgan fingerprint density at radius 1 is 0.897 bits per heavy atom. The third-order valence-electron chi connectivity index (χ3n) is 5.98. The standard InChI is InChI=1S/C8H17N.C7H15NO.C5H12.C4H9NO/c1-6(2)8-5-9-4-7(8)3;1-6(2)3-7(9)4-8-5-7;1-4-5(2)3;6-4-1-2-5-3-4/h6-9H,4-5H2,1-3H3;6,8-9H,3-5H2,1-2H3;5H,4H2,1-3H3;4-6H,1-3H2. The summed E-state index contributed by atoms with van der Waals surface area (Å²) in [5.41, 5.74) is -0.367. The van der Waals surface area contributed by atoms with E-state index in [1.807, 2.05) is 0 Å². The maximum absolute atomic E-state index is 9.52. The summed E-state index contributed by atoms with van der Waals surface area (Å²) in [6.07, 6.45) is 3.10. The molecular formula is C24H53N3O2. The molecule has 3 fully saturated rings. The van der Waals surface area contributed by atoms with Crippen molar-refractivity contribution in [3.05, 3.63) is 0 Å². The molecule has 3 aliphatic heterocycles. The van der Waals surface area contributed by atoms with Gasteiger partial charge in [-0.2, -0.15) is 0 Å². The predicted octanol–water partition coefficient (Wildman–Crippen LogP) is 3.26. The number of hydrogen-bond acceptors (Lipinski definition) is 5. The van der Waals surface area contributed by atoms with Gasteiger partial charge in [0.15, 0.2) is 0 Å². The van der Waals surface area contributed by atoms with Crippen LogP contribution < -0.4 is 16.0 Å². The van der Waals surface area contributed by atoms with Gasteiger partial charge in [-0.05, 0) is 62.1 Å². The van der Waals surface area contributed by atoms with Crippen LogP contribution in [0.2, 0.25) is 0 Å². The van der Waals surface area contributed by atoms with Crippen LogP contribution in [-0.4, -0.2) is 61.2 Å². The first-order valence-electron chi connectivity index (χ1n) is 12.0. The van der Waals surface area contributed by atoms with Gasteiger partial charge in [0, 0.05) is 19.6 Å². The number of nitrogens with one attached hydrogen (secondary N) is 3. The van der Waals surface area contributed by atoms with Gasteiger partial charge < -0.3 is 26.2 Å². The molecule has 0 saturated carbocycles. The van der Waals surface area contributed by atoms with Crippen molar-refractivity contribution in [2.45, 2.75) is 86.4 Å². The fourth-order valence-electron chi connectivity index (χ4n) is 3.68. The van der Waals surface area contributed by atoms with Gasteiger partial charge in [0.05, 0.1) is 11.7 Å². The Bertz CT molecular complexity index is 378. The summed E-state index contributed by atoms with van der Waals surface area (Å²) in [7, 11) is 0. The third-order valence-corrected chi connectivity index (χ3v) is 5.98. The SMILES string of the molecule is CC(C)C1CNCC1C.CC(C)CC1(O)CNC1.CCC(C)C.OC1CCNC1. The zero-order valence-corrected chi connectivity index (χ0v) is 20.7. The second kappa shape index (κ2) is 15.6. The minimum absolute atomic E-state index is 0.0648. The number of rotatable bonds is 4. The molecule has 29 heavy (non-hydrogen) atoms. The highest BCUT2D eigenvalue weighted by atomic mass is 16.3. The first-order chi connectivity index (χ1) is 13.5. The average Bonchev–Trinajstić information content (AvgIpc) is 3.25. The number of aliphatic hydroxyl groups excluding tert-OH is 1. The van der Waals surface area contributed by atoms with Crippen LogP contribution in [0.25, 0.3) is 0 Å². The molecule has 0 aromatic carbocycles. The molecule has 0 aliphatic carbocycles. The molecule has 0 aromatic heterocycles. The topological polar surface area (TPSA) is 76.5 Å². The van der Waals surface area contributed by atoms with Crippen LogP contribution in [0.1, 0.15) is 74.7 Å². The fraction of sp³-hybridized carbons (Fsp3) is 1.00. The van der Waals surface area contributed by atoms with E-state index >= 15 is 0 Å². The molecule has 5 heteroatoms. The Morgan fingerprint density at radius 3 is 1.62 bits per heavy atom. The third kappa shape index (κ3) is 14.4. The molecule has 5 nitrogen and oxygen atoms in total. The summed E-state index contributed by atoms with van der Waals surface area (Å²) in [6, 6.07) is 0. The molecule has 0 aromatic rings. The Labute approximate surface area is 181 Å². The molecule has 0 bridgehead atoms. The highest BCUT2D eigenvalue weighted by Crippen LogP contribution is 2.23. The molecule has 3 unspecified atom stereocenters. The van der Waals surface area contributed by atoms with E-state index in [1.165, 1.54) is 19.5 Å². The highest BCUT2D eigenvalue weighted by molar-refractivity contribution is 4.92. The second-order valence-corrected chi connectivity index (χ2v) is 10.4. The van der Waals surface area contributed by atoms with E-state index in [0.29, 0.717) is 5.92 Å². The first kappa shape index (κ1) is 28.8. The van der Waals surface area contributed by atoms with E-state index in [0.717, 1.165) is 62.7 Å². The predicted molar refractivity (Wildman–Crippen MR) is 126 cm³/mol. The minimum Gasteiger partial charge on any atom is -0.392 e. The van der Waals surface area contributed by atoms with Crippen LogP contribution in [-0.2, 0) is 0 Å². The van der Waals surface area contributed by atoms with Gasteiger partial charge in [-0.25, -0.2) is 0 Å². The zero-order chi connectivity index (χ0) is 22.4. The lowest BCUT2D eigenvalue weighted by Gasteiger charge is -2.38. The van der Waals surface area contributed by atoms with Gasteiger partial charge in [0.1, 0.15) is 0 Å². The van der Waals surface area contributed by atoms with Gasteiger partial charge in [0.25, 0.3) is 0 Å². The van der Waals surface area contributed by atoms with Crippen LogP contribution in [0, 0.1) is 29.6 Å². The van der Waals surface area contributed by atoms with Crippen molar-refractivity contribution >= 4 is 0 Å². The lowest BCUT2D eigenvalue weighted by molar-refractivity contribution is -0.0268. The van der Waals surface area contributed by atoms with Gasteiger partial charge >= 0.3 is 0 Å². The van der Waals surface area contributed by atoms with Crippen molar-refractivity contribution in [2.24, 2.45) is 29.6 Å². The van der Waals surface area contributed by atoms with E-state index in [2.05, 4.69) is 71.3 Å². The molecule has 0 amide bonds. The van der Waals surface area contributed by atoms with Gasteiger partial charge in [-0.15, -0.1) is 0 Å². The summed E-state index contributed by atoms with van der Waals surface area (Å²) in [6.45, 7) is 23.7. The van der Waals surface area contributed by atoms with E-state index in [-0.39, 0.29) is 11.7 Å². The molecule has 0 spiro atoms. The van der Waals surface area contributed by atoms with Crippen molar-refractivity contribution in [3.8, 4) is 0 Å². The molecule has 176 valence electrons. The zero-order valence-electron chi connectivity index (χ0n) is 20.7. The highest BCUT2D eigenvalue weighted by Gasteiger charge is 2.34. The molecule has 3 saturated heterocycles. The van der Waals surface area contributed by atoms with Crippen molar-refractivity contribution < 1.29 is 10.2 Å². The minimum atomic E-state index is -0.367. The molecule has 5 N–H and O–H groups in total. The summed E-state index contributed by atoms with van der Waals surface area (Å²) >= 11 is 0. The Balaban J connectivity index is 0.000000372. The van der Waals surface area contributed by atoms with Crippen molar-refractivity contribution in [3.63, 3.8) is 0 Å². The van der Waals surface area contributed by atoms with Crippen LogP contribution >= 0.6 is 0 Å². The lowest BCUT2D eigenvalue weighted by Crippen LogP contribution is -2.59. The summed E-state index contributed by atoms with van der Waals surface area (Å²) in [5, 5.41) is 27.7. The first-order valence-corrected chi connectivity index (χ1v) is 12.0. The molecule has 3 heterocycles. The molecule has 0 radical (unpaired) electrons. The molecule has 3 atom stereocenters. The average molecular weight is 416 g/mol. The van der Waals surface area contributed by atoms with Crippen molar-refractivity contribution in [1.82, 2.24) is 16.0 Å².